The van der Waals surface area contributed by atoms with E-state index in [1.165, 1.54) is 12.1 Å². The molecular formula is C18H26KO7S. The predicted molar refractivity (Wildman–Crippen MR) is 102 cm³/mol. The molecule has 0 fully saturated rings. The molecule has 0 spiro atoms. The first-order valence-corrected chi connectivity index (χ1v) is 10.2. The van der Waals surface area contributed by atoms with Gasteiger partial charge in [0.25, 0.3) is 10.1 Å². The quantitative estimate of drug-likeness (QED) is 0.180. The van der Waals surface area contributed by atoms with E-state index in [2.05, 4.69) is 6.92 Å². The van der Waals surface area contributed by atoms with Crippen molar-refractivity contribution in [2.24, 2.45) is 0 Å². The summed E-state index contributed by atoms with van der Waals surface area (Å²) in [5.74, 6) is -1.88. The second-order valence-electron chi connectivity index (χ2n) is 5.93. The summed E-state index contributed by atoms with van der Waals surface area (Å²) in [6.07, 6.45) is 5.03. The standard InChI is InChI=1S/C18H26O7S.K/c1-2-3-4-5-6-10-13-24-18(20)16(26(21,22)23)14-17(19)25-15-11-8-7-9-12-15;/h7-9,11-12,16H,2-6,10,13-14H2,1H3,(H,21,22,23);. The molecule has 1 rings (SSSR count). The van der Waals surface area contributed by atoms with Crippen LogP contribution in [0.2, 0.25) is 0 Å². The number of unbranched alkanes of at least 4 members (excludes halogenated alkanes) is 5. The number of para-hydroxylation sites is 1. The van der Waals surface area contributed by atoms with Crippen LogP contribution in [0.5, 0.6) is 5.75 Å². The third kappa shape index (κ3) is 12.0. The van der Waals surface area contributed by atoms with E-state index >= 15 is 0 Å². The molecule has 1 aromatic rings. The number of benzene rings is 1. The first-order valence-electron chi connectivity index (χ1n) is 8.73. The Hall–Kier alpha value is -0.294. The van der Waals surface area contributed by atoms with Crippen LogP contribution in [-0.2, 0) is 24.4 Å². The number of esters is 2. The Balaban J connectivity index is 0.00000676. The maximum absolute atomic E-state index is 11.9. The van der Waals surface area contributed by atoms with Crippen molar-refractivity contribution in [1.82, 2.24) is 0 Å². The van der Waals surface area contributed by atoms with Crippen molar-refractivity contribution in [3.05, 3.63) is 30.3 Å². The van der Waals surface area contributed by atoms with E-state index in [1.54, 1.807) is 18.2 Å². The Morgan fingerprint density at radius 3 is 2.22 bits per heavy atom. The minimum atomic E-state index is -4.78. The first-order chi connectivity index (χ1) is 12.3. The molecule has 0 bridgehead atoms. The summed E-state index contributed by atoms with van der Waals surface area (Å²) in [5, 5.41) is -1.99. The van der Waals surface area contributed by atoms with Crippen molar-refractivity contribution in [2.75, 3.05) is 6.61 Å². The molecular weight excluding hydrogens is 399 g/mol. The molecule has 1 aromatic carbocycles. The minimum absolute atomic E-state index is 0. The van der Waals surface area contributed by atoms with Gasteiger partial charge in [-0.2, -0.15) is 8.42 Å². The van der Waals surface area contributed by atoms with E-state index in [0.717, 1.165) is 32.1 Å². The van der Waals surface area contributed by atoms with Crippen LogP contribution in [0.15, 0.2) is 30.3 Å². The van der Waals surface area contributed by atoms with Crippen LogP contribution >= 0.6 is 0 Å². The Kier molecular flexibility index (Phi) is 14.5. The molecule has 1 radical (unpaired) electrons. The number of hydrogen-bond acceptors (Lipinski definition) is 6. The minimum Gasteiger partial charge on any atom is -0.465 e. The third-order valence-corrected chi connectivity index (χ3v) is 4.77. The van der Waals surface area contributed by atoms with Gasteiger partial charge in [0, 0.05) is 51.4 Å². The zero-order valence-electron chi connectivity index (χ0n) is 15.9. The zero-order chi connectivity index (χ0) is 19.4. The third-order valence-electron chi connectivity index (χ3n) is 3.69. The van der Waals surface area contributed by atoms with Crippen LogP contribution in [0.4, 0.5) is 0 Å². The van der Waals surface area contributed by atoms with E-state index in [4.69, 9.17) is 9.47 Å². The number of carbonyl (C=O) groups is 2. The summed E-state index contributed by atoms with van der Waals surface area (Å²) in [4.78, 5) is 23.8. The largest absolute Gasteiger partial charge is 0.465 e. The Morgan fingerprint density at radius 1 is 1.04 bits per heavy atom. The van der Waals surface area contributed by atoms with Crippen LogP contribution in [0.1, 0.15) is 51.9 Å². The summed E-state index contributed by atoms with van der Waals surface area (Å²) >= 11 is 0. The van der Waals surface area contributed by atoms with Crippen LogP contribution in [0.3, 0.4) is 0 Å². The molecule has 0 saturated heterocycles. The smallest absolute Gasteiger partial charge is 0.327 e. The molecule has 27 heavy (non-hydrogen) atoms. The van der Waals surface area contributed by atoms with E-state index in [0.29, 0.717) is 6.42 Å². The molecule has 147 valence electrons. The summed E-state index contributed by atoms with van der Waals surface area (Å²) in [6, 6.07) is 8.02. The van der Waals surface area contributed by atoms with Gasteiger partial charge in [-0.25, -0.2) is 0 Å². The van der Waals surface area contributed by atoms with E-state index in [9.17, 15) is 22.6 Å². The van der Waals surface area contributed by atoms with Crippen LogP contribution in [0, 0.1) is 0 Å². The maximum atomic E-state index is 11.9. The van der Waals surface area contributed by atoms with Gasteiger partial charge in [-0.15, -0.1) is 0 Å². The van der Waals surface area contributed by atoms with Gasteiger partial charge in [-0.05, 0) is 18.6 Å². The van der Waals surface area contributed by atoms with Crippen molar-refractivity contribution in [3.8, 4) is 5.75 Å². The maximum Gasteiger partial charge on any atom is 0.327 e. The predicted octanol–water partition coefficient (Wildman–Crippen LogP) is 2.76. The van der Waals surface area contributed by atoms with Gasteiger partial charge in [-0.3, -0.25) is 14.1 Å². The molecule has 0 aromatic heterocycles. The summed E-state index contributed by atoms with van der Waals surface area (Å²) in [5.41, 5.74) is 0. The molecule has 0 aliphatic carbocycles. The van der Waals surface area contributed by atoms with Crippen LogP contribution in [0.25, 0.3) is 0 Å². The monoisotopic (exact) mass is 425 g/mol. The first kappa shape index (κ1) is 26.7. The second kappa shape index (κ2) is 14.7. The molecule has 0 aliphatic heterocycles. The van der Waals surface area contributed by atoms with Crippen molar-refractivity contribution in [2.45, 2.75) is 57.1 Å². The SMILES string of the molecule is CCCCCCCCOC(=O)C(CC(=O)Oc1ccccc1)S(=O)(=O)O.[K]. The Morgan fingerprint density at radius 2 is 1.63 bits per heavy atom. The van der Waals surface area contributed by atoms with E-state index in [1.807, 2.05) is 0 Å². The van der Waals surface area contributed by atoms with Crippen LogP contribution < -0.4 is 4.74 Å². The van der Waals surface area contributed by atoms with Crippen molar-refractivity contribution in [1.29, 1.82) is 0 Å². The van der Waals surface area contributed by atoms with Gasteiger partial charge in [0.15, 0.2) is 5.25 Å². The van der Waals surface area contributed by atoms with Gasteiger partial charge >= 0.3 is 11.9 Å². The van der Waals surface area contributed by atoms with Crippen LogP contribution in [-0.4, -0.2) is 88.2 Å². The normalized spacial score (nSPS) is 11.9. The number of carbonyl (C=O) groups excluding carboxylic acids is 2. The number of ether oxygens (including phenoxy) is 2. The van der Waals surface area contributed by atoms with E-state index < -0.39 is 33.7 Å². The van der Waals surface area contributed by atoms with Gasteiger partial charge in [0.2, 0.25) is 0 Å². The topological polar surface area (TPSA) is 107 Å². The second-order valence-corrected chi connectivity index (χ2v) is 7.53. The molecule has 0 aliphatic rings. The fourth-order valence-electron chi connectivity index (χ4n) is 2.27. The fraction of sp³-hybridized carbons (Fsp3) is 0.556. The van der Waals surface area contributed by atoms with Crippen molar-refractivity contribution >= 4 is 73.4 Å². The van der Waals surface area contributed by atoms with Gasteiger partial charge < -0.3 is 9.47 Å². The summed E-state index contributed by atoms with van der Waals surface area (Å²) in [7, 11) is -4.78. The molecule has 1 N–H and O–H groups in total. The summed E-state index contributed by atoms with van der Waals surface area (Å²) < 4.78 is 41.9. The molecule has 0 amide bonds. The number of hydrogen-bond donors (Lipinski definition) is 1. The zero-order valence-corrected chi connectivity index (χ0v) is 19.9. The molecule has 1 unspecified atom stereocenters. The van der Waals surface area contributed by atoms with Crippen molar-refractivity contribution in [3.63, 3.8) is 0 Å². The molecule has 0 saturated carbocycles. The fourth-order valence-corrected chi connectivity index (χ4v) is 2.93. The average Bonchev–Trinajstić information content (AvgIpc) is 2.58. The Bertz CT molecular complexity index is 662. The van der Waals surface area contributed by atoms with Gasteiger partial charge in [0.1, 0.15) is 5.75 Å². The molecule has 1 atom stereocenters. The molecule has 7 nitrogen and oxygen atoms in total. The van der Waals surface area contributed by atoms with Gasteiger partial charge in [0.05, 0.1) is 13.0 Å². The Labute approximate surface area is 203 Å². The molecule has 0 heterocycles. The number of rotatable bonds is 12. The van der Waals surface area contributed by atoms with E-state index in [-0.39, 0.29) is 63.7 Å². The van der Waals surface area contributed by atoms with Gasteiger partial charge in [-0.1, -0.05) is 57.2 Å². The summed E-state index contributed by atoms with van der Waals surface area (Å²) in [6.45, 7) is 2.16. The van der Waals surface area contributed by atoms with Crippen molar-refractivity contribution < 1.29 is 32.0 Å². The average molecular weight is 426 g/mol. The molecule has 9 heteroatoms.